The molecule has 13 rings (SSSR count). The SMILES string of the molecule is CCCCCc1ccc(Nc2cc3c(cc2-c2cc(-n4c5ccccc5c5ccccc54)c4c5ccc6ccccc6c5n5c4c2Bc2cc(CCCCC)ccc2-5)-c2ccccc2C3(C)C)cc1. The van der Waals surface area contributed by atoms with Gasteiger partial charge in [0.1, 0.15) is 0 Å². The Morgan fingerprint density at radius 2 is 1.14 bits per heavy atom. The molecule has 0 saturated heterocycles. The van der Waals surface area contributed by atoms with Gasteiger partial charge in [-0.2, -0.15) is 0 Å². The third-order valence-corrected chi connectivity index (χ3v) is 16.0. The molecule has 1 aliphatic heterocycles. The van der Waals surface area contributed by atoms with Gasteiger partial charge in [-0.3, -0.25) is 0 Å². The summed E-state index contributed by atoms with van der Waals surface area (Å²) in [6.45, 7) is 9.39. The smallest absolute Gasteiger partial charge is 0.198 e. The van der Waals surface area contributed by atoms with Crippen molar-refractivity contribution in [2.75, 3.05) is 5.32 Å². The second-order valence-electron chi connectivity index (χ2n) is 20.5. The number of hydrogen-bond donors (Lipinski definition) is 1. The summed E-state index contributed by atoms with van der Waals surface area (Å²) in [5.41, 5.74) is 23.2. The average molecular weight is 892 g/mol. The molecule has 0 saturated carbocycles. The lowest BCUT2D eigenvalue weighted by Gasteiger charge is -2.27. The maximum atomic E-state index is 4.10. The lowest BCUT2D eigenvalue weighted by Crippen LogP contribution is -2.37. The molecule has 0 atom stereocenters. The molecule has 0 bridgehead atoms. The zero-order chi connectivity index (χ0) is 46.4. The maximum Gasteiger partial charge on any atom is 0.198 e. The molecule has 3 heterocycles. The molecule has 3 nitrogen and oxygen atoms in total. The van der Waals surface area contributed by atoms with Crippen LogP contribution < -0.4 is 16.2 Å². The van der Waals surface area contributed by atoms with Crippen LogP contribution in [0.4, 0.5) is 11.4 Å². The van der Waals surface area contributed by atoms with Crippen LogP contribution in [0.2, 0.25) is 0 Å². The summed E-state index contributed by atoms with van der Waals surface area (Å²) in [6, 6.07) is 65.2. The molecule has 0 amide bonds. The number of para-hydroxylation sites is 2. The van der Waals surface area contributed by atoms with Crippen LogP contribution in [0.3, 0.4) is 0 Å². The van der Waals surface area contributed by atoms with Crippen LogP contribution in [0.15, 0.2) is 170 Å². The van der Waals surface area contributed by atoms with Gasteiger partial charge in [-0.15, -0.1) is 0 Å². The Labute approximate surface area is 406 Å². The summed E-state index contributed by atoms with van der Waals surface area (Å²) in [5, 5.41) is 11.8. The van der Waals surface area contributed by atoms with Gasteiger partial charge >= 0.3 is 0 Å². The monoisotopic (exact) mass is 891 g/mol. The van der Waals surface area contributed by atoms with E-state index in [-0.39, 0.29) is 5.41 Å². The number of benzene rings is 9. The van der Waals surface area contributed by atoms with Crippen LogP contribution in [0.25, 0.3) is 88.0 Å². The second kappa shape index (κ2) is 16.4. The first-order chi connectivity index (χ1) is 33.9. The number of nitrogens with zero attached hydrogens (tertiary/aromatic N) is 2. The fraction of sp³-hybridized carbons (Fsp3) is 0.200. The van der Waals surface area contributed by atoms with Crippen molar-refractivity contribution in [3.8, 4) is 33.6 Å². The number of nitrogens with one attached hydrogen (secondary N) is 1. The molecule has 11 aromatic rings. The summed E-state index contributed by atoms with van der Waals surface area (Å²) >= 11 is 0. The summed E-state index contributed by atoms with van der Waals surface area (Å²) < 4.78 is 5.25. The molecular weight excluding hydrogens is 834 g/mol. The standard InChI is InChI=1S/C65H58BN3/c1-5-7-9-19-41-29-33-44(34-30-41)67-56-40-54-50(46-23-13-16-26-53(46)65(54,3)4)38-51(56)52-39-60(68-57-27-17-14-24-47(57)48-25-15-18-28-58(48)68)61-49-35-32-43-21-11-12-22-45(43)63(49)69-59-36-31-42(20-10-8-6-2)37-55(59)66-62(52)64(61)69/h11-18,21-40,66-67H,5-10,19-20H2,1-4H3. The summed E-state index contributed by atoms with van der Waals surface area (Å²) in [6.07, 6.45) is 9.62. The molecule has 2 aromatic heterocycles. The minimum absolute atomic E-state index is 0.156. The van der Waals surface area contributed by atoms with E-state index < -0.39 is 0 Å². The van der Waals surface area contributed by atoms with E-state index in [0.717, 1.165) is 31.5 Å². The first-order valence-corrected chi connectivity index (χ1v) is 25.7. The summed E-state index contributed by atoms with van der Waals surface area (Å²) in [4.78, 5) is 0. The van der Waals surface area contributed by atoms with Crippen LogP contribution in [0, 0.1) is 0 Å². The number of rotatable bonds is 12. The van der Waals surface area contributed by atoms with Gasteiger partial charge in [0.25, 0.3) is 0 Å². The molecular formula is C65H58BN3. The highest BCUT2D eigenvalue weighted by Crippen LogP contribution is 2.53. The fourth-order valence-corrected chi connectivity index (χ4v) is 12.5. The van der Waals surface area contributed by atoms with E-state index in [0.29, 0.717) is 0 Å². The second-order valence-corrected chi connectivity index (χ2v) is 20.5. The molecule has 0 radical (unpaired) electrons. The third kappa shape index (κ3) is 6.55. The first-order valence-electron chi connectivity index (χ1n) is 25.7. The predicted octanol–water partition coefficient (Wildman–Crippen LogP) is 15.9. The number of hydrogen-bond acceptors (Lipinski definition) is 1. The number of fused-ring (bicyclic) bond motifs is 13. The Morgan fingerprint density at radius 3 is 1.90 bits per heavy atom. The van der Waals surface area contributed by atoms with E-state index in [1.54, 1.807) is 0 Å². The topological polar surface area (TPSA) is 21.9 Å². The van der Waals surface area contributed by atoms with Gasteiger partial charge in [-0.05, 0) is 124 Å². The van der Waals surface area contributed by atoms with Crippen molar-refractivity contribution < 1.29 is 0 Å². The highest BCUT2D eigenvalue weighted by atomic mass is 15.0. The van der Waals surface area contributed by atoms with Crippen molar-refractivity contribution in [2.45, 2.75) is 84.5 Å². The molecule has 4 heteroatoms. The summed E-state index contributed by atoms with van der Waals surface area (Å²) in [7, 11) is 0.843. The molecule has 0 unspecified atom stereocenters. The van der Waals surface area contributed by atoms with Gasteiger partial charge < -0.3 is 14.5 Å². The maximum absolute atomic E-state index is 4.10. The average Bonchev–Trinajstić information content (AvgIpc) is 3.99. The van der Waals surface area contributed by atoms with Crippen molar-refractivity contribution in [1.29, 1.82) is 0 Å². The van der Waals surface area contributed by atoms with E-state index in [1.165, 1.54) is 160 Å². The molecule has 1 aliphatic carbocycles. The van der Waals surface area contributed by atoms with Crippen molar-refractivity contribution in [2.24, 2.45) is 0 Å². The van der Waals surface area contributed by atoms with E-state index in [9.17, 15) is 0 Å². The Balaban J connectivity index is 1.16. The molecule has 0 spiro atoms. The number of anilines is 2. The van der Waals surface area contributed by atoms with E-state index in [4.69, 9.17) is 0 Å². The van der Waals surface area contributed by atoms with Crippen LogP contribution in [-0.2, 0) is 18.3 Å². The fourth-order valence-electron chi connectivity index (χ4n) is 12.5. The highest BCUT2D eigenvalue weighted by molar-refractivity contribution is 6.73. The van der Waals surface area contributed by atoms with Gasteiger partial charge in [0, 0.05) is 55.0 Å². The van der Waals surface area contributed by atoms with Crippen molar-refractivity contribution in [3.63, 3.8) is 0 Å². The molecule has 0 fully saturated rings. The molecule has 1 N–H and O–H groups in total. The van der Waals surface area contributed by atoms with Crippen LogP contribution in [-0.4, -0.2) is 16.4 Å². The zero-order valence-corrected chi connectivity index (χ0v) is 40.4. The summed E-state index contributed by atoms with van der Waals surface area (Å²) in [5.74, 6) is 0. The minimum Gasteiger partial charge on any atom is -0.355 e. The minimum atomic E-state index is -0.156. The normalized spacial score (nSPS) is 13.3. The van der Waals surface area contributed by atoms with Crippen LogP contribution >= 0.6 is 0 Å². The van der Waals surface area contributed by atoms with E-state index in [1.807, 2.05) is 0 Å². The third-order valence-electron chi connectivity index (χ3n) is 16.0. The van der Waals surface area contributed by atoms with Crippen LogP contribution in [0.1, 0.15) is 88.5 Å². The molecule has 336 valence electrons. The van der Waals surface area contributed by atoms with E-state index >= 15 is 0 Å². The molecule has 69 heavy (non-hydrogen) atoms. The van der Waals surface area contributed by atoms with Gasteiger partial charge in [0.05, 0.1) is 27.8 Å². The van der Waals surface area contributed by atoms with E-state index in [2.05, 4.69) is 212 Å². The largest absolute Gasteiger partial charge is 0.355 e. The lowest BCUT2D eigenvalue weighted by molar-refractivity contribution is 0.660. The van der Waals surface area contributed by atoms with Gasteiger partial charge in [-0.1, -0.05) is 180 Å². The number of aryl methyl sites for hydroxylation is 2. The van der Waals surface area contributed by atoms with Crippen molar-refractivity contribution in [1.82, 2.24) is 9.13 Å². The van der Waals surface area contributed by atoms with Crippen molar-refractivity contribution >= 4 is 84.0 Å². The molecule has 2 aliphatic rings. The Hall–Kier alpha value is -7.30. The quantitative estimate of drug-likeness (QED) is 0.0958. The van der Waals surface area contributed by atoms with Crippen molar-refractivity contribution in [3.05, 3.63) is 192 Å². The van der Waals surface area contributed by atoms with Gasteiger partial charge in [0.2, 0.25) is 0 Å². The molecule has 9 aromatic carbocycles. The first kappa shape index (κ1) is 41.9. The predicted molar refractivity (Wildman–Crippen MR) is 298 cm³/mol. The zero-order valence-electron chi connectivity index (χ0n) is 40.4. The Bertz CT molecular complexity index is 3790. The number of aromatic nitrogens is 2. The highest BCUT2D eigenvalue weighted by Gasteiger charge is 2.37. The number of unbranched alkanes of at least 4 members (excludes halogenated alkanes) is 4. The lowest BCUT2D eigenvalue weighted by atomic mass is 9.58. The van der Waals surface area contributed by atoms with Crippen LogP contribution in [0.5, 0.6) is 0 Å². The van der Waals surface area contributed by atoms with Gasteiger partial charge in [-0.25, -0.2) is 0 Å². The Morgan fingerprint density at radius 1 is 0.478 bits per heavy atom. The Kier molecular flexibility index (Phi) is 9.98. The van der Waals surface area contributed by atoms with Gasteiger partial charge in [0.15, 0.2) is 7.28 Å².